The van der Waals surface area contributed by atoms with Gasteiger partial charge in [-0.2, -0.15) is 0 Å². The number of rotatable bonds is 2. The Morgan fingerprint density at radius 1 is 1.41 bits per heavy atom. The molecule has 3 heteroatoms. The minimum absolute atomic E-state index is 0.0748. The summed E-state index contributed by atoms with van der Waals surface area (Å²) in [6, 6.07) is 6.54. The summed E-state index contributed by atoms with van der Waals surface area (Å²) < 4.78 is 0. The molecule has 0 bridgehead atoms. The number of nitrogens with one attached hydrogen (secondary N) is 1. The fourth-order valence-corrected chi connectivity index (χ4v) is 3.00. The van der Waals surface area contributed by atoms with E-state index in [-0.39, 0.29) is 5.54 Å². The Morgan fingerprint density at radius 3 is 2.71 bits per heavy atom. The highest BCUT2D eigenvalue weighted by Crippen LogP contribution is 2.28. The number of thioether (sulfide) groups is 1. The largest absolute Gasteiger partial charge is 0.335 e. The van der Waals surface area contributed by atoms with Crippen molar-refractivity contribution in [3.63, 3.8) is 0 Å². The average Bonchev–Trinajstić information content (AvgIpc) is 2.58. The quantitative estimate of drug-likeness (QED) is 0.859. The number of aryl methyl sites for hydroxylation is 2. The predicted octanol–water partition coefficient (Wildman–Crippen LogP) is 3.85. The summed E-state index contributed by atoms with van der Waals surface area (Å²) in [6.07, 6.45) is 1.09. The van der Waals surface area contributed by atoms with Crippen LogP contribution >= 0.6 is 11.8 Å². The Kier molecular flexibility index (Phi) is 3.48. The molecular formula is C14H20N2S. The monoisotopic (exact) mass is 248 g/mol. The van der Waals surface area contributed by atoms with E-state index in [4.69, 9.17) is 0 Å². The van der Waals surface area contributed by atoms with Gasteiger partial charge in [-0.15, -0.1) is 0 Å². The molecule has 1 N–H and O–H groups in total. The average molecular weight is 248 g/mol. The zero-order valence-corrected chi connectivity index (χ0v) is 11.8. The van der Waals surface area contributed by atoms with Crippen molar-refractivity contribution in [3.8, 4) is 0 Å². The molecule has 0 saturated carbocycles. The van der Waals surface area contributed by atoms with E-state index in [9.17, 15) is 0 Å². The van der Waals surface area contributed by atoms with Gasteiger partial charge in [-0.3, -0.25) is 4.99 Å². The molecule has 92 valence electrons. The summed E-state index contributed by atoms with van der Waals surface area (Å²) in [5.41, 5.74) is 3.98. The van der Waals surface area contributed by atoms with Crippen LogP contribution in [0.4, 0.5) is 5.69 Å². The van der Waals surface area contributed by atoms with E-state index < -0.39 is 0 Å². The fraction of sp³-hybridized carbons (Fsp3) is 0.500. The van der Waals surface area contributed by atoms with Gasteiger partial charge in [0, 0.05) is 11.4 Å². The van der Waals surface area contributed by atoms with Gasteiger partial charge in [-0.25, -0.2) is 0 Å². The topological polar surface area (TPSA) is 24.4 Å². The van der Waals surface area contributed by atoms with Gasteiger partial charge in [-0.05, 0) is 50.5 Å². The first-order valence-corrected chi connectivity index (χ1v) is 7.08. The van der Waals surface area contributed by atoms with E-state index in [0.29, 0.717) is 0 Å². The van der Waals surface area contributed by atoms with Gasteiger partial charge in [0.05, 0.1) is 5.54 Å². The minimum Gasteiger partial charge on any atom is -0.335 e. The number of anilines is 1. The summed E-state index contributed by atoms with van der Waals surface area (Å²) in [5.74, 6) is 1.06. The summed E-state index contributed by atoms with van der Waals surface area (Å²) in [5, 5.41) is 4.44. The Hall–Kier alpha value is -0.960. The Balaban J connectivity index is 2.12. The highest BCUT2D eigenvalue weighted by atomic mass is 32.2. The van der Waals surface area contributed by atoms with E-state index in [2.05, 4.69) is 56.2 Å². The number of nitrogens with zero attached hydrogens (tertiary/aromatic N) is 1. The van der Waals surface area contributed by atoms with Crippen molar-refractivity contribution in [1.82, 2.24) is 0 Å². The van der Waals surface area contributed by atoms with Gasteiger partial charge in [0.15, 0.2) is 5.17 Å². The van der Waals surface area contributed by atoms with Crippen molar-refractivity contribution in [1.29, 1.82) is 0 Å². The van der Waals surface area contributed by atoms with Crippen LogP contribution in [-0.2, 0) is 6.42 Å². The fourth-order valence-electron chi connectivity index (χ4n) is 1.94. The molecule has 2 nitrogen and oxygen atoms in total. The number of hydrogen-bond donors (Lipinski definition) is 1. The highest BCUT2D eigenvalue weighted by Gasteiger charge is 2.25. The SMILES string of the molecule is CCc1ccc(NC2=NC(C)(C)CS2)cc1C. The van der Waals surface area contributed by atoms with Crippen LogP contribution in [0, 0.1) is 6.92 Å². The second-order valence-corrected chi connectivity index (χ2v) is 6.10. The Labute approximate surface area is 108 Å². The molecule has 0 amide bonds. The molecule has 1 aliphatic rings. The third kappa shape index (κ3) is 3.03. The lowest BCUT2D eigenvalue weighted by molar-refractivity contribution is 0.605. The summed E-state index contributed by atoms with van der Waals surface area (Å²) in [6.45, 7) is 8.69. The number of hydrogen-bond acceptors (Lipinski definition) is 3. The van der Waals surface area contributed by atoms with E-state index in [1.165, 1.54) is 11.1 Å². The molecule has 17 heavy (non-hydrogen) atoms. The van der Waals surface area contributed by atoms with Crippen molar-refractivity contribution < 1.29 is 0 Å². The van der Waals surface area contributed by atoms with Gasteiger partial charge >= 0.3 is 0 Å². The van der Waals surface area contributed by atoms with Crippen LogP contribution in [0.3, 0.4) is 0 Å². The zero-order valence-electron chi connectivity index (χ0n) is 11.0. The molecular weight excluding hydrogens is 228 g/mol. The molecule has 0 aromatic heterocycles. The normalized spacial score (nSPS) is 18.0. The van der Waals surface area contributed by atoms with Crippen LogP contribution in [-0.4, -0.2) is 16.5 Å². The predicted molar refractivity (Wildman–Crippen MR) is 78.2 cm³/mol. The maximum absolute atomic E-state index is 4.66. The molecule has 1 aliphatic heterocycles. The second kappa shape index (κ2) is 4.73. The van der Waals surface area contributed by atoms with Crippen molar-refractivity contribution in [2.24, 2.45) is 4.99 Å². The molecule has 0 atom stereocenters. The molecule has 0 aliphatic carbocycles. The van der Waals surface area contributed by atoms with Crippen LogP contribution in [0.2, 0.25) is 0 Å². The van der Waals surface area contributed by atoms with Gasteiger partial charge in [0.25, 0.3) is 0 Å². The highest BCUT2D eigenvalue weighted by molar-refractivity contribution is 8.14. The molecule has 0 radical (unpaired) electrons. The first kappa shape index (κ1) is 12.5. The van der Waals surface area contributed by atoms with E-state index in [1.54, 1.807) is 11.8 Å². The molecule has 0 fully saturated rings. The van der Waals surface area contributed by atoms with Crippen molar-refractivity contribution in [2.75, 3.05) is 11.1 Å². The van der Waals surface area contributed by atoms with Gasteiger partial charge < -0.3 is 5.32 Å². The maximum Gasteiger partial charge on any atom is 0.161 e. The third-order valence-electron chi connectivity index (χ3n) is 2.94. The smallest absolute Gasteiger partial charge is 0.161 e. The van der Waals surface area contributed by atoms with E-state index >= 15 is 0 Å². The first-order chi connectivity index (χ1) is 8.00. The molecule has 2 rings (SSSR count). The zero-order chi connectivity index (χ0) is 12.5. The van der Waals surface area contributed by atoms with Crippen LogP contribution in [0.1, 0.15) is 31.9 Å². The molecule has 0 spiro atoms. The first-order valence-electron chi connectivity index (χ1n) is 6.09. The Bertz CT molecular complexity index is 450. The van der Waals surface area contributed by atoms with Crippen molar-refractivity contribution in [3.05, 3.63) is 29.3 Å². The van der Waals surface area contributed by atoms with Crippen LogP contribution in [0.25, 0.3) is 0 Å². The van der Waals surface area contributed by atoms with Gasteiger partial charge in [-0.1, -0.05) is 24.8 Å². The number of aliphatic imine (C=N–C) groups is 1. The molecule has 1 heterocycles. The minimum atomic E-state index is 0.0748. The van der Waals surface area contributed by atoms with Crippen molar-refractivity contribution in [2.45, 2.75) is 39.7 Å². The second-order valence-electron chi connectivity index (χ2n) is 5.14. The van der Waals surface area contributed by atoms with Crippen LogP contribution < -0.4 is 5.32 Å². The van der Waals surface area contributed by atoms with Crippen LogP contribution in [0.5, 0.6) is 0 Å². The number of amidine groups is 1. The van der Waals surface area contributed by atoms with Gasteiger partial charge in [0.2, 0.25) is 0 Å². The lowest BCUT2D eigenvalue weighted by Gasteiger charge is -2.10. The Morgan fingerprint density at radius 2 is 2.18 bits per heavy atom. The third-order valence-corrected chi connectivity index (χ3v) is 4.26. The van der Waals surface area contributed by atoms with Gasteiger partial charge in [0.1, 0.15) is 0 Å². The van der Waals surface area contributed by atoms with E-state index in [0.717, 1.165) is 23.0 Å². The number of benzene rings is 1. The van der Waals surface area contributed by atoms with E-state index in [1.807, 2.05) is 0 Å². The van der Waals surface area contributed by atoms with Crippen LogP contribution in [0.15, 0.2) is 23.2 Å². The molecule has 0 saturated heterocycles. The molecule has 1 aromatic rings. The summed E-state index contributed by atoms with van der Waals surface area (Å²) >= 11 is 1.80. The summed E-state index contributed by atoms with van der Waals surface area (Å²) in [7, 11) is 0. The standard InChI is InChI=1S/C14H20N2S/c1-5-11-6-7-12(8-10(11)2)15-13-16-14(3,4)9-17-13/h6-8H,5,9H2,1-4H3,(H,15,16). The lowest BCUT2D eigenvalue weighted by Crippen LogP contribution is -2.15. The summed E-state index contributed by atoms with van der Waals surface area (Å²) in [4.78, 5) is 4.66. The molecule has 0 unspecified atom stereocenters. The van der Waals surface area contributed by atoms with Crippen molar-refractivity contribution >= 4 is 22.6 Å². The lowest BCUT2D eigenvalue weighted by atomic mass is 10.1. The molecule has 1 aromatic carbocycles. The maximum atomic E-state index is 4.66.